The van der Waals surface area contributed by atoms with Crippen molar-refractivity contribution in [3.05, 3.63) is 65.0 Å². The van der Waals surface area contributed by atoms with Crippen LogP contribution in [0.4, 0.5) is 4.39 Å². The third-order valence-corrected chi connectivity index (χ3v) is 3.65. The molecule has 3 heteroatoms. The molecule has 1 unspecified atom stereocenters. The molecule has 2 aromatic carbocycles. The molecule has 0 heterocycles. The lowest BCUT2D eigenvalue weighted by Gasteiger charge is -2.11. The van der Waals surface area contributed by atoms with Gasteiger partial charge in [-0.05, 0) is 60.7 Å². The van der Waals surface area contributed by atoms with Crippen molar-refractivity contribution in [2.24, 2.45) is 5.73 Å². The Kier molecular flexibility index (Phi) is 5.34. The zero-order valence-corrected chi connectivity index (χ0v) is 12.6. The van der Waals surface area contributed by atoms with Gasteiger partial charge in [0.2, 0.25) is 0 Å². The summed E-state index contributed by atoms with van der Waals surface area (Å²) >= 11 is 0. The molecule has 112 valence electrons. The van der Waals surface area contributed by atoms with E-state index >= 15 is 0 Å². The number of hydrogen-bond donors (Lipinski definition) is 1. The van der Waals surface area contributed by atoms with Crippen molar-refractivity contribution in [3.63, 3.8) is 0 Å². The van der Waals surface area contributed by atoms with Crippen molar-refractivity contribution in [1.82, 2.24) is 0 Å². The molecule has 2 rings (SSSR count). The molecule has 0 spiro atoms. The summed E-state index contributed by atoms with van der Waals surface area (Å²) in [7, 11) is 0. The number of rotatable bonds is 6. The van der Waals surface area contributed by atoms with E-state index in [1.165, 1.54) is 17.7 Å². The van der Waals surface area contributed by atoms with E-state index in [1.807, 2.05) is 31.2 Å². The predicted molar refractivity (Wildman–Crippen MR) is 83.9 cm³/mol. The van der Waals surface area contributed by atoms with Crippen LogP contribution in [0.15, 0.2) is 42.5 Å². The molecule has 0 saturated carbocycles. The summed E-state index contributed by atoms with van der Waals surface area (Å²) in [4.78, 5) is 0. The standard InChI is InChI=1S/C18H22FNO/c1-3-17(20)10-14-5-8-18(9-6-14)21-12-15-11-16(19)7-4-13(15)2/h4-9,11,17H,3,10,12,20H2,1-2H3. The summed E-state index contributed by atoms with van der Waals surface area (Å²) in [5.74, 6) is 0.551. The van der Waals surface area contributed by atoms with Crippen LogP contribution in [0.25, 0.3) is 0 Å². The molecule has 2 N–H and O–H groups in total. The summed E-state index contributed by atoms with van der Waals surface area (Å²) in [6, 6.07) is 12.9. The number of halogens is 1. The average molecular weight is 287 g/mol. The van der Waals surface area contributed by atoms with Crippen LogP contribution < -0.4 is 10.5 Å². The highest BCUT2D eigenvalue weighted by molar-refractivity contribution is 5.30. The van der Waals surface area contributed by atoms with Gasteiger partial charge in [-0.3, -0.25) is 0 Å². The molecular weight excluding hydrogens is 265 g/mol. The zero-order chi connectivity index (χ0) is 15.2. The topological polar surface area (TPSA) is 35.2 Å². The van der Waals surface area contributed by atoms with E-state index in [9.17, 15) is 4.39 Å². The fraction of sp³-hybridized carbons (Fsp3) is 0.333. The van der Waals surface area contributed by atoms with Gasteiger partial charge in [0.15, 0.2) is 0 Å². The first kappa shape index (κ1) is 15.5. The van der Waals surface area contributed by atoms with Crippen LogP contribution in [0.5, 0.6) is 5.75 Å². The first-order valence-corrected chi connectivity index (χ1v) is 7.31. The minimum Gasteiger partial charge on any atom is -0.489 e. The van der Waals surface area contributed by atoms with E-state index in [0.717, 1.165) is 29.7 Å². The third kappa shape index (κ3) is 4.57. The highest BCUT2D eigenvalue weighted by atomic mass is 19.1. The number of ether oxygens (including phenoxy) is 1. The van der Waals surface area contributed by atoms with Crippen molar-refractivity contribution in [2.75, 3.05) is 0 Å². The van der Waals surface area contributed by atoms with Gasteiger partial charge in [-0.15, -0.1) is 0 Å². The highest BCUT2D eigenvalue weighted by Crippen LogP contribution is 2.17. The molecule has 21 heavy (non-hydrogen) atoms. The Morgan fingerprint density at radius 2 is 1.86 bits per heavy atom. The van der Waals surface area contributed by atoms with Gasteiger partial charge >= 0.3 is 0 Å². The fourth-order valence-corrected chi connectivity index (χ4v) is 2.13. The van der Waals surface area contributed by atoms with Crippen molar-refractivity contribution >= 4 is 0 Å². The fourth-order valence-electron chi connectivity index (χ4n) is 2.13. The maximum atomic E-state index is 13.2. The lowest BCUT2D eigenvalue weighted by molar-refractivity contribution is 0.304. The number of aryl methyl sites for hydroxylation is 1. The van der Waals surface area contributed by atoms with Crippen molar-refractivity contribution in [2.45, 2.75) is 39.3 Å². The van der Waals surface area contributed by atoms with Crippen molar-refractivity contribution in [1.29, 1.82) is 0 Å². The van der Waals surface area contributed by atoms with Crippen LogP contribution in [-0.4, -0.2) is 6.04 Å². The van der Waals surface area contributed by atoms with Crippen LogP contribution in [0.2, 0.25) is 0 Å². The molecule has 0 aliphatic rings. The molecule has 0 amide bonds. The Bertz CT molecular complexity index is 580. The van der Waals surface area contributed by atoms with E-state index in [0.29, 0.717) is 6.61 Å². The molecule has 0 fully saturated rings. The molecule has 0 aromatic heterocycles. The monoisotopic (exact) mass is 287 g/mol. The second-order valence-corrected chi connectivity index (χ2v) is 5.38. The number of hydrogen-bond acceptors (Lipinski definition) is 2. The minimum atomic E-state index is -0.233. The van der Waals surface area contributed by atoms with Crippen molar-refractivity contribution < 1.29 is 9.13 Å². The summed E-state index contributed by atoms with van der Waals surface area (Å²) in [6.45, 7) is 4.41. The van der Waals surface area contributed by atoms with Gasteiger partial charge in [0.25, 0.3) is 0 Å². The minimum absolute atomic E-state index is 0.201. The molecule has 1 atom stereocenters. The van der Waals surface area contributed by atoms with Gasteiger partial charge in [-0.25, -0.2) is 4.39 Å². The van der Waals surface area contributed by atoms with Crippen LogP contribution in [0.3, 0.4) is 0 Å². The van der Waals surface area contributed by atoms with E-state index in [4.69, 9.17) is 10.5 Å². The maximum Gasteiger partial charge on any atom is 0.123 e. The van der Waals surface area contributed by atoms with Gasteiger partial charge < -0.3 is 10.5 Å². The van der Waals surface area contributed by atoms with Crippen LogP contribution in [-0.2, 0) is 13.0 Å². The Morgan fingerprint density at radius 1 is 1.14 bits per heavy atom. The predicted octanol–water partition coefficient (Wildman–Crippen LogP) is 3.99. The largest absolute Gasteiger partial charge is 0.489 e. The summed E-state index contributed by atoms with van der Waals surface area (Å²) < 4.78 is 18.9. The quantitative estimate of drug-likeness (QED) is 0.871. The highest BCUT2D eigenvalue weighted by Gasteiger charge is 2.04. The van der Waals surface area contributed by atoms with Gasteiger partial charge in [-0.1, -0.05) is 25.1 Å². The Labute approximate surface area is 125 Å². The van der Waals surface area contributed by atoms with Gasteiger partial charge in [0.1, 0.15) is 18.2 Å². The van der Waals surface area contributed by atoms with Gasteiger partial charge in [0, 0.05) is 6.04 Å². The van der Waals surface area contributed by atoms with Gasteiger partial charge in [-0.2, -0.15) is 0 Å². The lowest BCUT2D eigenvalue weighted by Crippen LogP contribution is -2.21. The zero-order valence-electron chi connectivity index (χ0n) is 12.6. The number of benzene rings is 2. The molecule has 2 aromatic rings. The SMILES string of the molecule is CCC(N)Cc1ccc(OCc2cc(F)ccc2C)cc1. The lowest BCUT2D eigenvalue weighted by atomic mass is 10.0. The third-order valence-electron chi connectivity index (χ3n) is 3.65. The molecule has 0 saturated heterocycles. The molecule has 0 radical (unpaired) electrons. The van der Waals surface area contributed by atoms with E-state index in [1.54, 1.807) is 6.07 Å². The molecule has 0 bridgehead atoms. The molecule has 2 nitrogen and oxygen atoms in total. The average Bonchev–Trinajstić information content (AvgIpc) is 2.49. The second kappa shape index (κ2) is 7.23. The first-order chi connectivity index (χ1) is 10.1. The number of nitrogens with two attached hydrogens (primary N) is 1. The summed E-state index contributed by atoms with van der Waals surface area (Å²) in [5, 5.41) is 0. The Balaban J connectivity index is 1.96. The maximum absolute atomic E-state index is 13.2. The Hall–Kier alpha value is -1.87. The van der Waals surface area contributed by atoms with Crippen LogP contribution >= 0.6 is 0 Å². The normalized spacial score (nSPS) is 12.2. The van der Waals surface area contributed by atoms with E-state index < -0.39 is 0 Å². The van der Waals surface area contributed by atoms with E-state index in [2.05, 4.69) is 6.92 Å². The first-order valence-electron chi connectivity index (χ1n) is 7.31. The van der Waals surface area contributed by atoms with Gasteiger partial charge in [0.05, 0.1) is 0 Å². The molecule has 0 aliphatic carbocycles. The van der Waals surface area contributed by atoms with Crippen molar-refractivity contribution in [3.8, 4) is 5.75 Å². The molecular formula is C18H22FNO. The smallest absolute Gasteiger partial charge is 0.123 e. The second-order valence-electron chi connectivity index (χ2n) is 5.38. The van der Waals surface area contributed by atoms with Crippen LogP contribution in [0.1, 0.15) is 30.0 Å². The van der Waals surface area contributed by atoms with Crippen LogP contribution in [0, 0.1) is 12.7 Å². The summed E-state index contributed by atoms with van der Waals surface area (Å²) in [5.41, 5.74) is 9.05. The summed E-state index contributed by atoms with van der Waals surface area (Å²) in [6.07, 6.45) is 1.84. The molecule has 0 aliphatic heterocycles. The Morgan fingerprint density at radius 3 is 2.52 bits per heavy atom. The van der Waals surface area contributed by atoms with E-state index in [-0.39, 0.29) is 11.9 Å².